The summed E-state index contributed by atoms with van der Waals surface area (Å²) in [7, 11) is 0. The van der Waals surface area contributed by atoms with Crippen molar-refractivity contribution < 1.29 is 4.79 Å². The maximum Gasteiger partial charge on any atom is 0.224 e. The number of terminal acetylenes is 1. The van der Waals surface area contributed by atoms with Gasteiger partial charge in [-0.1, -0.05) is 19.3 Å². The van der Waals surface area contributed by atoms with Gasteiger partial charge in [0.05, 0.1) is 6.04 Å². The lowest BCUT2D eigenvalue weighted by Gasteiger charge is -2.15. The minimum absolute atomic E-state index is 0.0766. The van der Waals surface area contributed by atoms with Gasteiger partial charge in [0, 0.05) is 12.0 Å². The van der Waals surface area contributed by atoms with E-state index in [4.69, 9.17) is 12.2 Å². The zero-order valence-corrected chi connectivity index (χ0v) is 9.33. The number of carbonyl (C=O) groups is 1. The fraction of sp³-hybridized carbons (Fsp3) is 0.750. The van der Waals surface area contributed by atoms with Gasteiger partial charge in [-0.15, -0.1) is 6.42 Å². The van der Waals surface area contributed by atoms with E-state index in [9.17, 15) is 4.79 Å². The molecule has 0 aromatic rings. The average Bonchev–Trinajstić information content (AvgIpc) is 2.64. The van der Waals surface area contributed by atoms with Crippen LogP contribution >= 0.6 is 0 Å². The van der Waals surface area contributed by atoms with Crippen molar-refractivity contribution in [1.82, 2.24) is 5.32 Å². The van der Waals surface area contributed by atoms with Crippen LogP contribution in [-0.4, -0.2) is 18.0 Å². The van der Waals surface area contributed by atoms with E-state index < -0.39 is 0 Å². The van der Waals surface area contributed by atoms with E-state index in [-0.39, 0.29) is 23.9 Å². The average molecular weight is 208 g/mol. The molecule has 3 N–H and O–H groups in total. The maximum absolute atomic E-state index is 11.8. The molecule has 0 heterocycles. The summed E-state index contributed by atoms with van der Waals surface area (Å²) in [6.07, 6.45) is 9.83. The minimum Gasteiger partial charge on any atom is -0.342 e. The van der Waals surface area contributed by atoms with Crippen LogP contribution in [0.3, 0.4) is 0 Å². The number of hydrogen-bond acceptors (Lipinski definition) is 2. The van der Waals surface area contributed by atoms with Crippen molar-refractivity contribution in [3.05, 3.63) is 0 Å². The van der Waals surface area contributed by atoms with Crippen molar-refractivity contribution in [3.63, 3.8) is 0 Å². The van der Waals surface area contributed by atoms with E-state index in [1.165, 1.54) is 0 Å². The molecule has 3 atom stereocenters. The Morgan fingerprint density at radius 1 is 1.67 bits per heavy atom. The fourth-order valence-electron chi connectivity index (χ4n) is 2.03. The Balaban J connectivity index is 2.38. The van der Waals surface area contributed by atoms with Crippen LogP contribution in [-0.2, 0) is 4.79 Å². The lowest BCUT2D eigenvalue weighted by atomic mass is 10.1. The summed E-state index contributed by atoms with van der Waals surface area (Å²) < 4.78 is 0. The first-order chi connectivity index (χ1) is 7.17. The second kappa shape index (κ2) is 5.77. The van der Waals surface area contributed by atoms with Gasteiger partial charge in [-0.2, -0.15) is 0 Å². The van der Waals surface area contributed by atoms with Crippen molar-refractivity contribution in [3.8, 4) is 12.3 Å². The summed E-state index contributed by atoms with van der Waals surface area (Å²) in [5.74, 6) is 2.76. The van der Waals surface area contributed by atoms with E-state index in [2.05, 4.69) is 18.2 Å². The Morgan fingerprint density at radius 2 is 2.40 bits per heavy atom. The summed E-state index contributed by atoms with van der Waals surface area (Å²) in [5, 5.41) is 2.90. The van der Waals surface area contributed by atoms with E-state index in [0.29, 0.717) is 0 Å². The van der Waals surface area contributed by atoms with Crippen LogP contribution in [0, 0.1) is 18.3 Å². The predicted octanol–water partition coefficient (Wildman–Crippen LogP) is 1.03. The SMILES string of the molecule is C#CC(CCC)NC(=O)C1CCC(N)C1. The normalized spacial score (nSPS) is 27.0. The number of amides is 1. The van der Waals surface area contributed by atoms with Gasteiger partial charge in [0.15, 0.2) is 0 Å². The van der Waals surface area contributed by atoms with Gasteiger partial charge >= 0.3 is 0 Å². The predicted molar refractivity (Wildman–Crippen MR) is 61.0 cm³/mol. The highest BCUT2D eigenvalue weighted by Gasteiger charge is 2.28. The first kappa shape index (κ1) is 12.1. The second-order valence-corrected chi connectivity index (χ2v) is 4.29. The van der Waals surface area contributed by atoms with Crippen molar-refractivity contribution in [2.24, 2.45) is 11.7 Å². The largest absolute Gasteiger partial charge is 0.342 e. The van der Waals surface area contributed by atoms with Gasteiger partial charge in [-0.25, -0.2) is 0 Å². The molecule has 0 saturated heterocycles. The van der Waals surface area contributed by atoms with E-state index >= 15 is 0 Å². The Morgan fingerprint density at radius 3 is 2.87 bits per heavy atom. The van der Waals surface area contributed by atoms with Gasteiger partial charge in [0.1, 0.15) is 0 Å². The smallest absolute Gasteiger partial charge is 0.224 e. The number of hydrogen-bond donors (Lipinski definition) is 2. The van der Waals surface area contributed by atoms with Crippen LogP contribution in [0.25, 0.3) is 0 Å². The van der Waals surface area contributed by atoms with E-state index in [1.807, 2.05) is 0 Å². The van der Waals surface area contributed by atoms with Crippen LogP contribution in [0.1, 0.15) is 39.0 Å². The standard InChI is InChI=1S/C12H20N2O/c1-3-5-11(4-2)14-12(15)9-6-7-10(13)8-9/h2,9-11H,3,5-8,13H2,1H3,(H,14,15). The number of nitrogens with one attached hydrogen (secondary N) is 1. The zero-order chi connectivity index (χ0) is 11.3. The lowest BCUT2D eigenvalue weighted by Crippen LogP contribution is -2.37. The number of nitrogens with two attached hydrogens (primary N) is 1. The molecule has 0 aromatic heterocycles. The summed E-state index contributed by atoms with van der Waals surface area (Å²) in [6.45, 7) is 2.06. The Bertz CT molecular complexity index is 257. The maximum atomic E-state index is 11.8. The third-order valence-electron chi connectivity index (χ3n) is 2.94. The summed E-state index contributed by atoms with van der Waals surface area (Å²) in [6, 6.07) is 0.0792. The molecule has 0 aromatic carbocycles. The number of carbonyl (C=O) groups excluding carboxylic acids is 1. The van der Waals surface area contributed by atoms with Crippen molar-refractivity contribution >= 4 is 5.91 Å². The van der Waals surface area contributed by atoms with Crippen LogP contribution < -0.4 is 11.1 Å². The minimum atomic E-state index is -0.112. The fourth-order valence-corrected chi connectivity index (χ4v) is 2.03. The molecule has 0 aliphatic heterocycles. The molecule has 1 amide bonds. The molecule has 1 aliphatic carbocycles. The van der Waals surface area contributed by atoms with Gasteiger partial charge < -0.3 is 11.1 Å². The lowest BCUT2D eigenvalue weighted by molar-refractivity contribution is -0.125. The van der Waals surface area contributed by atoms with Gasteiger partial charge in [-0.05, 0) is 25.7 Å². The molecular formula is C12H20N2O. The summed E-state index contributed by atoms with van der Waals surface area (Å²) in [4.78, 5) is 11.8. The van der Waals surface area contributed by atoms with E-state index in [1.54, 1.807) is 0 Å². The zero-order valence-electron chi connectivity index (χ0n) is 9.33. The molecule has 3 heteroatoms. The molecule has 0 spiro atoms. The third-order valence-corrected chi connectivity index (χ3v) is 2.94. The van der Waals surface area contributed by atoms with E-state index in [0.717, 1.165) is 32.1 Å². The monoisotopic (exact) mass is 208 g/mol. The van der Waals surface area contributed by atoms with Crippen LogP contribution in [0.4, 0.5) is 0 Å². The first-order valence-corrected chi connectivity index (χ1v) is 5.69. The first-order valence-electron chi connectivity index (χ1n) is 5.69. The highest BCUT2D eigenvalue weighted by atomic mass is 16.1. The molecule has 84 valence electrons. The molecule has 1 fully saturated rings. The molecule has 1 rings (SSSR count). The number of rotatable bonds is 4. The van der Waals surface area contributed by atoms with Crippen LogP contribution in [0.2, 0.25) is 0 Å². The topological polar surface area (TPSA) is 55.1 Å². The second-order valence-electron chi connectivity index (χ2n) is 4.29. The Labute approximate surface area is 91.8 Å². The highest BCUT2D eigenvalue weighted by molar-refractivity contribution is 5.79. The molecule has 15 heavy (non-hydrogen) atoms. The molecule has 1 aliphatic rings. The highest BCUT2D eigenvalue weighted by Crippen LogP contribution is 2.24. The summed E-state index contributed by atoms with van der Waals surface area (Å²) >= 11 is 0. The molecule has 3 nitrogen and oxygen atoms in total. The Hall–Kier alpha value is -1.01. The molecule has 0 radical (unpaired) electrons. The molecule has 3 unspecified atom stereocenters. The molecule has 0 bridgehead atoms. The Kier molecular flexibility index (Phi) is 4.64. The van der Waals surface area contributed by atoms with Crippen molar-refractivity contribution in [2.45, 2.75) is 51.1 Å². The molecular weight excluding hydrogens is 188 g/mol. The van der Waals surface area contributed by atoms with Gasteiger partial charge in [0.25, 0.3) is 0 Å². The van der Waals surface area contributed by atoms with Crippen molar-refractivity contribution in [1.29, 1.82) is 0 Å². The summed E-state index contributed by atoms with van der Waals surface area (Å²) in [5.41, 5.74) is 5.76. The molecule has 1 saturated carbocycles. The third kappa shape index (κ3) is 3.56. The van der Waals surface area contributed by atoms with Crippen LogP contribution in [0.15, 0.2) is 0 Å². The van der Waals surface area contributed by atoms with Crippen molar-refractivity contribution in [2.75, 3.05) is 0 Å². The van der Waals surface area contributed by atoms with Gasteiger partial charge in [-0.3, -0.25) is 4.79 Å². The van der Waals surface area contributed by atoms with Crippen LogP contribution in [0.5, 0.6) is 0 Å². The quantitative estimate of drug-likeness (QED) is 0.678. The van der Waals surface area contributed by atoms with Gasteiger partial charge in [0.2, 0.25) is 5.91 Å².